The molecule has 5 nitrogen and oxygen atoms in total. The molecular formula is C13H8ClFN4OS. The summed E-state index contributed by atoms with van der Waals surface area (Å²) in [4.78, 5) is 20.2. The molecule has 3 N–H and O–H groups in total. The Hall–Kier alpha value is -2.25. The van der Waals surface area contributed by atoms with Crippen molar-refractivity contribution in [2.24, 2.45) is 0 Å². The van der Waals surface area contributed by atoms with Crippen molar-refractivity contribution in [2.75, 3.05) is 11.1 Å². The molecule has 0 saturated carbocycles. The van der Waals surface area contributed by atoms with Crippen molar-refractivity contribution in [3.8, 4) is 0 Å². The number of nitrogens with two attached hydrogens (primary N) is 1. The number of carbonyl (C=O) groups excluding carboxylic acids is 1. The number of hydrogen-bond donors (Lipinski definition) is 2. The van der Waals surface area contributed by atoms with E-state index in [9.17, 15) is 9.18 Å². The summed E-state index contributed by atoms with van der Waals surface area (Å²) in [5, 5.41) is 4.22. The van der Waals surface area contributed by atoms with Gasteiger partial charge < -0.3 is 11.1 Å². The summed E-state index contributed by atoms with van der Waals surface area (Å²) in [6, 6.07) is 4.04. The van der Waals surface area contributed by atoms with Gasteiger partial charge in [-0.15, -0.1) is 11.3 Å². The minimum atomic E-state index is -0.601. The van der Waals surface area contributed by atoms with Crippen LogP contribution in [0.1, 0.15) is 10.4 Å². The van der Waals surface area contributed by atoms with Crippen molar-refractivity contribution in [3.05, 3.63) is 46.3 Å². The van der Waals surface area contributed by atoms with Crippen molar-refractivity contribution in [3.63, 3.8) is 0 Å². The minimum Gasteiger partial charge on any atom is -0.382 e. The summed E-state index contributed by atoms with van der Waals surface area (Å²) in [6.07, 6.45) is 1.29. The highest BCUT2D eigenvalue weighted by Gasteiger charge is 2.16. The molecule has 2 aromatic heterocycles. The van der Waals surface area contributed by atoms with Crippen LogP contribution in [0.15, 0.2) is 29.9 Å². The van der Waals surface area contributed by atoms with Gasteiger partial charge in [0.15, 0.2) is 0 Å². The Kier molecular flexibility index (Phi) is 3.44. The van der Waals surface area contributed by atoms with Crippen LogP contribution in [0.2, 0.25) is 5.02 Å². The molecule has 0 aliphatic heterocycles. The van der Waals surface area contributed by atoms with E-state index < -0.39 is 11.7 Å². The molecule has 0 saturated heterocycles. The lowest BCUT2D eigenvalue weighted by Gasteiger charge is -2.05. The molecule has 106 valence electrons. The monoisotopic (exact) mass is 322 g/mol. The van der Waals surface area contributed by atoms with E-state index in [0.29, 0.717) is 27.3 Å². The zero-order valence-corrected chi connectivity index (χ0v) is 12.0. The molecule has 0 aliphatic carbocycles. The second-order valence-electron chi connectivity index (χ2n) is 4.17. The number of halogens is 2. The number of nitrogens with zero attached hydrogens (tertiary/aromatic N) is 2. The van der Waals surface area contributed by atoms with Gasteiger partial charge in [-0.1, -0.05) is 11.6 Å². The van der Waals surface area contributed by atoms with Crippen LogP contribution in [0.3, 0.4) is 0 Å². The number of hydrogen-bond acceptors (Lipinski definition) is 5. The standard InChI is InChI=1S/C13H8ClFN4OS/c14-8-2-1-6(3-9(8)15)19-13(20)7-4-21-11-10(7)17-5-18-12(11)16/h1-5H,(H,19,20)(H2,16,17,18). The van der Waals surface area contributed by atoms with Crippen LogP contribution in [0, 0.1) is 5.82 Å². The summed E-state index contributed by atoms with van der Waals surface area (Å²) in [5.41, 5.74) is 6.86. The summed E-state index contributed by atoms with van der Waals surface area (Å²) >= 11 is 6.87. The number of aromatic nitrogens is 2. The van der Waals surface area contributed by atoms with E-state index in [1.165, 1.54) is 29.8 Å². The smallest absolute Gasteiger partial charge is 0.258 e. The number of nitrogens with one attached hydrogen (secondary N) is 1. The van der Waals surface area contributed by atoms with E-state index in [1.54, 1.807) is 5.38 Å². The van der Waals surface area contributed by atoms with Gasteiger partial charge in [0.05, 0.1) is 20.8 Å². The van der Waals surface area contributed by atoms with E-state index >= 15 is 0 Å². The maximum Gasteiger partial charge on any atom is 0.258 e. The Morgan fingerprint density at radius 1 is 1.38 bits per heavy atom. The molecule has 0 fully saturated rings. The normalized spacial score (nSPS) is 10.8. The summed E-state index contributed by atoms with van der Waals surface area (Å²) in [5.74, 6) is -0.682. The van der Waals surface area contributed by atoms with Crippen LogP contribution in [0.5, 0.6) is 0 Å². The van der Waals surface area contributed by atoms with Gasteiger partial charge in [0.1, 0.15) is 18.0 Å². The fourth-order valence-corrected chi connectivity index (χ4v) is 2.82. The molecule has 21 heavy (non-hydrogen) atoms. The summed E-state index contributed by atoms with van der Waals surface area (Å²) < 4.78 is 14.0. The number of carbonyl (C=O) groups is 1. The van der Waals surface area contributed by atoms with Crippen molar-refractivity contribution < 1.29 is 9.18 Å². The Bertz CT molecular complexity index is 851. The molecule has 0 atom stereocenters. The Morgan fingerprint density at radius 2 is 2.19 bits per heavy atom. The zero-order valence-electron chi connectivity index (χ0n) is 10.4. The first kappa shape index (κ1) is 13.7. The summed E-state index contributed by atoms with van der Waals surface area (Å²) in [6.45, 7) is 0. The quantitative estimate of drug-likeness (QED) is 0.758. The molecule has 3 aromatic rings. The highest BCUT2D eigenvalue weighted by molar-refractivity contribution is 7.18. The molecule has 1 amide bonds. The fraction of sp³-hybridized carbons (Fsp3) is 0. The molecule has 3 rings (SSSR count). The number of fused-ring (bicyclic) bond motifs is 1. The van der Waals surface area contributed by atoms with E-state index in [-0.39, 0.29) is 5.02 Å². The van der Waals surface area contributed by atoms with Gasteiger partial charge in [0, 0.05) is 11.1 Å². The molecule has 0 radical (unpaired) electrons. The molecule has 2 heterocycles. The fourth-order valence-electron chi connectivity index (χ4n) is 1.80. The van der Waals surface area contributed by atoms with Gasteiger partial charge in [-0.3, -0.25) is 4.79 Å². The first-order valence-corrected chi connectivity index (χ1v) is 7.06. The van der Waals surface area contributed by atoms with Crippen LogP contribution < -0.4 is 11.1 Å². The largest absolute Gasteiger partial charge is 0.382 e. The minimum absolute atomic E-state index is 0.00510. The van der Waals surface area contributed by atoms with Gasteiger partial charge in [-0.25, -0.2) is 14.4 Å². The maximum absolute atomic E-state index is 13.4. The second-order valence-corrected chi connectivity index (χ2v) is 5.46. The SMILES string of the molecule is Nc1ncnc2c(C(=O)Nc3ccc(Cl)c(F)c3)csc12. The topological polar surface area (TPSA) is 80.9 Å². The number of benzene rings is 1. The lowest BCUT2D eigenvalue weighted by molar-refractivity contribution is 0.102. The Morgan fingerprint density at radius 3 is 2.95 bits per heavy atom. The van der Waals surface area contributed by atoms with Crippen LogP contribution in [-0.2, 0) is 0 Å². The summed E-state index contributed by atoms with van der Waals surface area (Å²) in [7, 11) is 0. The third-order valence-corrected chi connectivity index (χ3v) is 4.10. The predicted octanol–water partition coefficient (Wildman–Crippen LogP) is 3.32. The predicted molar refractivity (Wildman–Crippen MR) is 81.2 cm³/mol. The van der Waals surface area contributed by atoms with Crippen molar-refractivity contribution in [1.82, 2.24) is 9.97 Å². The van der Waals surface area contributed by atoms with E-state index in [0.717, 1.165) is 6.07 Å². The molecule has 0 unspecified atom stereocenters. The van der Waals surface area contributed by atoms with Gasteiger partial charge >= 0.3 is 0 Å². The number of thiophene rings is 1. The number of rotatable bonds is 2. The van der Waals surface area contributed by atoms with Crippen LogP contribution >= 0.6 is 22.9 Å². The first-order chi connectivity index (χ1) is 10.1. The van der Waals surface area contributed by atoms with Crippen molar-refractivity contribution >= 4 is 50.6 Å². The Balaban J connectivity index is 1.94. The molecule has 8 heteroatoms. The van der Waals surface area contributed by atoms with Crippen LogP contribution in [-0.4, -0.2) is 15.9 Å². The van der Waals surface area contributed by atoms with Gasteiger partial charge in [-0.05, 0) is 18.2 Å². The van der Waals surface area contributed by atoms with E-state index in [1.807, 2.05) is 0 Å². The molecule has 0 spiro atoms. The lowest BCUT2D eigenvalue weighted by atomic mass is 10.2. The zero-order chi connectivity index (χ0) is 15.0. The highest BCUT2D eigenvalue weighted by atomic mass is 35.5. The number of anilines is 2. The molecule has 0 aliphatic rings. The third-order valence-electron chi connectivity index (χ3n) is 2.80. The number of nitrogen functional groups attached to an aromatic ring is 1. The lowest BCUT2D eigenvalue weighted by Crippen LogP contribution is -2.11. The van der Waals surface area contributed by atoms with E-state index in [4.69, 9.17) is 17.3 Å². The van der Waals surface area contributed by atoms with Crippen LogP contribution in [0.4, 0.5) is 15.9 Å². The molecular weight excluding hydrogens is 315 g/mol. The first-order valence-electron chi connectivity index (χ1n) is 5.80. The molecule has 1 aromatic carbocycles. The maximum atomic E-state index is 13.4. The molecule has 0 bridgehead atoms. The average Bonchev–Trinajstić information content (AvgIpc) is 2.88. The van der Waals surface area contributed by atoms with E-state index in [2.05, 4.69) is 15.3 Å². The van der Waals surface area contributed by atoms with Crippen LogP contribution in [0.25, 0.3) is 10.2 Å². The van der Waals surface area contributed by atoms with Crippen molar-refractivity contribution in [1.29, 1.82) is 0 Å². The van der Waals surface area contributed by atoms with Gasteiger partial charge in [0.25, 0.3) is 5.91 Å². The average molecular weight is 323 g/mol. The van der Waals surface area contributed by atoms with Gasteiger partial charge in [0.2, 0.25) is 0 Å². The number of amides is 1. The second kappa shape index (κ2) is 5.27. The Labute approximate surface area is 127 Å². The highest BCUT2D eigenvalue weighted by Crippen LogP contribution is 2.28. The van der Waals surface area contributed by atoms with Crippen molar-refractivity contribution in [2.45, 2.75) is 0 Å². The third kappa shape index (κ3) is 2.53. The van der Waals surface area contributed by atoms with Gasteiger partial charge in [-0.2, -0.15) is 0 Å².